The Bertz CT molecular complexity index is 909. The topological polar surface area (TPSA) is 83.5 Å². The van der Waals surface area contributed by atoms with E-state index in [4.69, 9.17) is 5.11 Å². The van der Waals surface area contributed by atoms with Crippen LogP contribution in [0.1, 0.15) is 34.3 Å². The zero-order valence-electron chi connectivity index (χ0n) is 12.8. The third-order valence-corrected chi connectivity index (χ3v) is 5.45. The first-order chi connectivity index (χ1) is 11.4. The van der Waals surface area contributed by atoms with E-state index >= 15 is 0 Å². The molecule has 0 atom stereocenters. The normalized spacial score (nSPS) is 14.0. The Labute approximate surface area is 139 Å². The molecule has 2 aromatic rings. The lowest BCUT2D eigenvalue weighted by Gasteiger charge is -2.17. The van der Waals surface area contributed by atoms with E-state index in [2.05, 4.69) is 4.72 Å². The van der Waals surface area contributed by atoms with Crippen molar-refractivity contribution in [3.05, 3.63) is 58.9 Å². The predicted octanol–water partition coefficient (Wildman–Crippen LogP) is 3.20. The first-order valence-corrected chi connectivity index (χ1v) is 9.02. The lowest BCUT2D eigenvalue weighted by Crippen LogP contribution is -2.16. The minimum atomic E-state index is -4.00. The summed E-state index contributed by atoms with van der Waals surface area (Å²) < 4.78 is 40.7. The Hall–Kier alpha value is -2.41. The van der Waals surface area contributed by atoms with Crippen LogP contribution in [0.15, 0.2) is 41.3 Å². The van der Waals surface area contributed by atoms with Crippen LogP contribution < -0.4 is 4.72 Å². The Balaban J connectivity index is 1.98. The fourth-order valence-electron chi connectivity index (χ4n) is 2.87. The van der Waals surface area contributed by atoms with Crippen LogP contribution in [0.2, 0.25) is 0 Å². The molecule has 2 aromatic carbocycles. The van der Waals surface area contributed by atoms with E-state index in [-0.39, 0.29) is 16.1 Å². The van der Waals surface area contributed by atoms with Gasteiger partial charge in [0.15, 0.2) is 0 Å². The van der Waals surface area contributed by atoms with Crippen molar-refractivity contribution in [1.82, 2.24) is 0 Å². The average Bonchev–Trinajstić information content (AvgIpc) is 2.53. The number of aromatic carboxylic acids is 1. The summed E-state index contributed by atoms with van der Waals surface area (Å²) in [5.74, 6) is -2.05. The molecule has 0 spiro atoms. The molecule has 126 valence electrons. The number of anilines is 1. The maximum Gasteiger partial charge on any atom is 0.337 e. The average molecular weight is 349 g/mol. The number of hydrogen-bond acceptors (Lipinski definition) is 3. The molecular weight excluding hydrogens is 333 g/mol. The Morgan fingerprint density at radius 2 is 1.75 bits per heavy atom. The second-order valence-electron chi connectivity index (χ2n) is 5.74. The summed E-state index contributed by atoms with van der Waals surface area (Å²) in [5, 5.41) is 9.12. The third-order valence-electron chi connectivity index (χ3n) is 4.09. The number of sulfonamides is 1. The van der Waals surface area contributed by atoms with Gasteiger partial charge in [-0.15, -0.1) is 0 Å². The molecule has 24 heavy (non-hydrogen) atoms. The van der Waals surface area contributed by atoms with Crippen LogP contribution in [0, 0.1) is 5.82 Å². The number of carboxylic acids is 1. The summed E-state index contributed by atoms with van der Waals surface area (Å²) in [6, 6.07) is 7.75. The Morgan fingerprint density at radius 3 is 2.46 bits per heavy atom. The van der Waals surface area contributed by atoms with Crippen LogP contribution in [0.3, 0.4) is 0 Å². The molecule has 0 heterocycles. The van der Waals surface area contributed by atoms with Crippen LogP contribution in [0.4, 0.5) is 10.1 Å². The highest BCUT2D eigenvalue weighted by Crippen LogP contribution is 2.26. The molecule has 0 fully saturated rings. The van der Waals surface area contributed by atoms with Crippen molar-refractivity contribution in [2.75, 3.05) is 4.72 Å². The van der Waals surface area contributed by atoms with E-state index < -0.39 is 21.8 Å². The first kappa shape index (κ1) is 16.4. The molecule has 0 bridgehead atoms. The summed E-state index contributed by atoms with van der Waals surface area (Å²) in [7, 11) is -4.00. The molecule has 1 aliphatic carbocycles. The first-order valence-electron chi connectivity index (χ1n) is 7.54. The second kappa shape index (κ2) is 6.24. The monoisotopic (exact) mass is 349 g/mol. The van der Waals surface area contributed by atoms with Crippen LogP contribution in [-0.2, 0) is 22.9 Å². The molecule has 0 aromatic heterocycles. The van der Waals surface area contributed by atoms with Gasteiger partial charge >= 0.3 is 5.97 Å². The summed E-state index contributed by atoms with van der Waals surface area (Å²) >= 11 is 0. The summed E-state index contributed by atoms with van der Waals surface area (Å²) in [6.45, 7) is 0. The number of rotatable bonds is 4. The standard InChI is InChI=1S/C17H16FNO4S/c18-13-6-8-15(17(20)21)16(10-13)19-24(22,23)14-7-5-11-3-1-2-4-12(11)9-14/h5-10,19H,1-4H2,(H,20,21). The van der Waals surface area contributed by atoms with Gasteiger partial charge in [0.2, 0.25) is 0 Å². The number of hydrogen-bond donors (Lipinski definition) is 2. The second-order valence-corrected chi connectivity index (χ2v) is 7.42. The van der Waals surface area contributed by atoms with E-state index in [0.717, 1.165) is 55.0 Å². The zero-order valence-corrected chi connectivity index (χ0v) is 13.6. The molecule has 1 aliphatic rings. The highest BCUT2D eigenvalue weighted by atomic mass is 32.2. The number of aryl methyl sites for hydroxylation is 2. The quantitative estimate of drug-likeness (QED) is 0.888. The van der Waals surface area contributed by atoms with E-state index in [9.17, 15) is 17.6 Å². The maximum absolute atomic E-state index is 13.4. The minimum absolute atomic E-state index is 0.0451. The molecule has 0 aliphatic heterocycles. The molecule has 5 nitrogen and oxygen atoms in total. The molecule has 0 saturated carbocycles. The minimum Gasteiger partial charge on any atom is -0.478 e. The number of nitrogens with one attached hydrogen (secondary N) is 1. The number of carbonyl (C=O) groups is 1. The molecule has 0 radical (unpaired) electrons. The maximum atomic E-state index is 13.4. The number of benzene rings is 2. The highest BCUT2D eigenvalue weighted by molar-refractivity contribution is 7.92. The van der Waals surface area contributed by atoms with Crippen molar-refractivity contribution in [2.24, 2.45) is 0 Å². The van der Waals surface area contributed by atoms with E-state index in [0.29, 0.717) is 0 Å². The molecule has 0 amide bonds. The van der Waals surface area contributed by atoms with Gasteiger partial charge in [-0.1, -0.05) is 6.07 Å². The van der Waals surface area contributed by atoms with Gasteiger partial charge in [0.25, 0.3) is 10.0 Å². The van der Waals surface area contributed by atoms with Gasteiger partial charge in [-0.3, -0.25) is 4.72 Å². The fraction of sp³-hybridized carbons (Fsp3) is 0.235. The Morgan fingerprint density at radius 1 is 1.04 bits per heavy atom. The van der Waals surface area contributed by atoms with Crippen molar-refractivity contribution in [2.45, 2.75) is 30.6 Å². The highest BCUT2D eigenvalue weighted by Gasteiger charge is 2.21. The number of fused-ring (bicyclic) bond motifs is 1. The van der Waals surface area contributed by atoms with Gasteiger partial charge in [0, 0.05) is 0 Å². The third kappa shape index (κ3) is 3.26. The summed E-state index contributed by atoms with van der Waals surface area (Å²) in [6.07, 6.45) is 3.84. The summed E-state index contributed by atoms with van der Waals surface area (Å²) in [4.78, 5) is 11.2. The van der Waals surface area contributed by atoms with Crippen LogP contribution in [-0.4, -0.2) is 19.5 Å². The smallest absolute Gasteiger partial charge is 0.337 e. The number of halogens is 1. The van der Waals surface area contributed by atoms with E-state index in [1.54, 1.807) is 12.1 Å². The fourth-order valence-corrected chi connectivity index (χ4v) is 3.99. The van der Waals surface area contributed by atoms with Crippen molar-refractivity contribution in [1.29, 1.82) is 0 Å². The van der Waals surface area contributed by atoms with E-state index in [1.807, 2.05) is 0 Å². The molecular formula is C17H16FNO4S. The van der Waals surface area contributed by atoms with Crippen LogP contribution in [0.25, 0.3) is 0 Å². The van der Waals surface area contributed by atoms with Gasteiger partial charge in [-0.05, 0) is 67.1 Å². The predicted molar refractivity (Wildman–Crippen MR) is 87.3 cm³/mol. The molecule has 2 N–H and O–H groups in total. The van der Waals surface area contributed by atoms with Crippen molar-refractivity contribution >= 4 is 21.7 Å². The molecule has 3 rings (SSSR count). The zero-order chi connectivity index (χ0) is 17.3. The summed E-state index contributed by atoms with van der Waals surface area (Å²) in [5.41, 5.74) is 1.53. The molecule has 0 saturated heterocycles. The Kier molecular flexibility index (Phi) is 4.28. The van der Waals surface area contributed by atoms with Gasteiger partial charge in [0.1, 0.15) is 5.82 Å². The van der Waals surface area contributed by atoms with Crippen LogP contribution >= 0.6 is 0 Å². The van der Waals surface area contributed by atoms with E-state index in [1.165, 1.54) is 6.07 Å². The van der Waals surface area contributed by atoms with Crippen molar-refractivity contribution < 1.29 is 22.7 Å². The van der Waals surface area contributed by atoms with Gasteiger partial charge in [-0.25, -0.2) is 17.6 Å². The lowest BCUT2D eigenvalue weighted by atomic mass is 9.92. The van der Waals surface area contributed by atoms with Gasteiger partial charge in [0.05, 0.1) is 16.1 Å². The lowest BCUT2D eigenvalue weighted by molar-refractivity contribution is 0.0698. The van der Waals surface area contributed by atoms with Crippen LogP contribution in [0.5, 0.6) is 0 Å². The number of carboxylic acid groups (broad SMARTS) is 1. The SMILES string of the molecule is O=C(O)c1ccc(F)cc1NS(=O)(=O)c1ccc2c(c1)CCCC2. The van der Waals surface area contributed by atoms with Gasteiger partial charge < -0.3 is 5.11 Å². The molecule has 0 unspecified atom stereocenters. The largest absolute Gasteiger partial charge is 0.478 e. The van der Waals surface area contributed by atoms with Crippen molar-refractivity contribution in [3.8, 4) is 0 Å². The van der Waals surface area contributed by atoms with Gasteiger partial charge in [-0.2, -0.15) is 0 Å². The molecule has 7 heteroatoms. The van der Waals surface area contributed by atoms with Crippen molar-refractivity contribution in [3.63, 3.8) is 0 Å².